The van der Waals surface area contributed by atoms with Crippen LogP contribution in [0.25, 0.3) is 0 Å². The minimum Gasteiger partial charge on any atom is -0.508 e. The summed E-state index contributed by atoms with van der Waals surface area (Å²) in [6, 6.07) is 12.3. The molecule has 0 aromatic heterocycles. The second-order valence-electron chi connectivity index (χ2n) is 8.15. The van der Waals surface area contributed by atoms with E-state index in [1.54, 1.807) is 0 Å². The number of benzene rings is 2. The van der Waals surface area contributed by atoms with E-state index in [9.17, 15) is 10.2 Å². The first-order valence-corrected chi connectivity index (χ1v) is 9.52. The minimum absolute atomic E-state index is 0.00528. The standard InChI is InChI=1S/C23H30O2/c1-15(2)19-13-17(7-9-21(19)24)23(11-5-6-12-23)18-8-10-22(25)20(14-18)16(3)4/h7-10,13-16,24-25H,5-6,11-12H2,1-4H3. The number of phenolic OH excluding ortho intramolecular Hbond substituents is 2. The average molecular weight is 338 g/mol. The smallest absolute Gasteiger partial charge is 0.119 e. The second kappa shape index (κ2) is 6.74. The summed E-state index contributed by atoms with van der Waals surface area (Å²) in [7, 11) is 0. The quantitative estimate of drug-likeness (QED) is 0.696. The molecule has 0 bridgehead atoms. The lowest BCUT2D eigenvalue weighted by Gasteiger charge is -2.32. The molecule has 1 aliphatic rings. The van der Waals surface area contributed by atoms with E-state index >= 15 is 0 Å². The first kappa shape index (κ1) is 17.8. The molecule has 0 amide bonds. The predicted octanol–water partition coefficient (Wildman–Crippen LogP) is 6.20. The van der Waals surface area contributed by atoms with Crippen molar-refractivity contribution in [3.63, 3.8) is 0 Å². The zero-order chi connectivity index (χ0) is 18.2. The maximum absolute atomic E-state index is 10.2. The molecule has 1 saturated carbocycles. The van der Waals surface area contributed by atoms with Crippen LogP contribution in [0.2, 0.25) is 0 Å². The lowest BCUT2D eigenvalue weighted by atomic mass is 9.71. The van der Waals surface area contributed by atoms with Crippen molar-refractivity contribution in [2.45, 2.75) is 70.6 Å². The van der Waals surface area contributed by atoms with Crippen LogP contribution in [-0.2, 0) is 5.41 Å². The SMILES string of the molecule is CC(C)c1cc(C2(c3ccc(O)c(C(C)C)c3)CCCC2)ccc1O. The lowest BCUT2D eigenvalue weighted by molar-refractivity contribution is 0.460. The molecule has 0 radical (unpaired) electrons. The third kappa shape index (κ3) is 3.15. The van der Waals surface area contributed by atoms with E-state index in [0.717, 1.165) is 24.0 Å². The molecule has 134 valence electrons. The highest BCUT2D eigenvalue weighted by Crippen LogP contribution is 2.48. The molecule has 0 heterocycles. The molecule has 0 atom stereocenters. The van der Waals surface area contributed by atoms with Crippen LogP contribution in [0.1, 0.15) is 87.5 Å². The number of rotatable bonds is 4. The second-order valence-corrected chi connectivity index (χ2v) is 8.15. The first-order chi connectivity index (χ1) is 11.8. The van der Waals surface area contributed by atoms with Gasteiger partial charge in [-0.3, -0.25) is 0 Å². The summed E-state index contributed by atoms with van der Waals surface area (Å²) in [5.74, 6) is 1.37. The summed E-state index contributed by atoms with van der Waals surface area (Å²) < 4.78 is 0. The third-order valence-corrected chi connectivity index (χ3v) is 5.86. The Balaban J connectivity index is 2.16. The first-order valence-electron chi connectivity index (χ1n) is 9.52. The molecule has 0 aliphatic heterocycles. The van der Waals surface area contributed by atoms with Gasteiger partial charge in [-0.25, -0.2) is 0 Å². The molecule has 1 aliphatic carbocycles. The fraction of sp³-hybridized carbons (Fsp3) is 0.478. The van der Waals surface area contributed by atoms with Crippen molar-refractivity contribution in [1.82, 2.24) is 0 Å². The van der Waals surface area contributed by atoms with Gasteiger partial charge in [0.25, 0.3) is 0 Å². The summed E-state index contributed by atoms with van der Waals surface area (Å²) in [6.07, 6.45) is 4.68. The van der Waals surface area contributed by atoms with Crippen LogP contribution in [0.5, 0.6) is 11.5 Å². The van der Waals surface area contributed by atoms with Crippen molar-refractivity contribution < 1.29 is 10.2 Å². The van der Waals surface area contributed by atoms with Crippen molar-refractivity contribution in [2.24, 2.45) is 0 Å². The molecule has 0 unspecified atom stereocenters. The minimum atomic E-state index is -0.00528. The Morgan fingerprint density at radius 2 is 1.12 bits per heavy atom. The topological polar surface area (TPSA) is 40.5 Å². The number of aromatic hydroxyl groups is 2. The Morgan fingerprint density at radius 3 is 1.48 bits per heavy atom. The third-order valence-electron chi connectivity index (χ3n) is 5.86. The van der Waals surface area contributed by atoms with E-state index in [4.69, 9.17) is 0 Å². The van der Waals surface area contributed by atoms with Gasteiger partial charge in [0.1, 0.15) is 11.5 Å². The predicted molar refractivity (Wildman–Crippen MR) is 104 cm³/mol. The van der Waals surface area contributed by atoms with Crippen molar-refractivity contribution >= 4 is 0 Å². The van der Waals surface area contributed by atoms with Gasteiger partial charge < -0.3 is 10.2 Å². The molecular formula is C23H30O2. The van der Waals surface area contributed by atoms with Gasteiger partial charge >= 0.3 is 0 Å². The normalized spacial score (nSPS) is 16.7. The van der Waals surface area contributed by atoms with Crippen molar-refractivity contribution in [1.29, 1.82) is 0 Å². The molecule has 2 nitrogen and oxygen atoms in total. The summed E-state index contributed by atoms with van der Waals surface area (Å²) in [5.41, 5.74) is 4.63. The zero-order valence-corrected chi connectivity index (χ0v) is 15.8. The Labute approximate surface area is 151 Å². The van der Waals surface area contributed by atoms with E-state index in [1.165, 1.54) is 24.0 Å². The van der Waals surface area contributed by atoms with Crippen molar-refractivity contribution in [3.05, 3.63) is 58.7 Å². The summed E-state index contributed by atoms with van der Waals surface area (Å²) in [5, 5.41) is 20.4. The van der Waals surface area contributed by atoms with E-state index in [-0.39, 0.29) is 5.41 Å². The monoisotopic (exact) mass is 338 g/mol. The van der Waals surface area contributed by atoms with Crippen LogP contribution in [0.3, 0.4) is 0 Å². The van der Waals surface area contributed by atoms with Gasteiger partial charge in [-0.15, -0.1) is 0 Å². The number of hydrogen-bond donors (Lipinski definition) is 2. The highest BCUT2D eigenvalue weighted by molar-refractivity contribution is 5.49. The molecule has 0 spiro atoms. The van der Waals surface area contributed by atoms with Crippen LogP contribution in [0.15, 0.2) is 36.4 Å². The maximum atomic E-state index is 10.2. The van der Waals surface area contributed by atoms with Crippen LogP contribution in [-0.4, -0.2) is 10.2 Å². The van der Waals surface area contributed by atoms with Crippen LogP contribution >= 0.6 is 0 Å². The number of hydrogen-bond acceptors (Lipinski definition) is 2. The van der Waals surface area contributed by atoms with E-state index in [0.29, 0.717) is 23.3 Å². The van der Waals surface area contributed by atoms with Crippen LogP contribution in [0, 0.1) is 0 Å². The Bertz CT molecular complexity index is 693. The van der Waals surface area contributed by atoms with E-state index in [1.807, 2.05) is 12.1 Å². The molecule has 0 saturated heterocycles. The van der Waals surface area contributed by atoms with Gasteiger partial charge in [0.2, 0.25) is 0 Å². The molecule has 1 fully saturated rings. The van der Waals surface area contributed by atoms with Gasteiger partial charge in [-0.05, 0) is 59.1 Å². The van der Waals surface area contributed by atoms with Gasteiger partial charge in [-0.2, -0.15) is 0 Å². The molecule has 2 aromatic carbocycles. The van der Waals surface area contributed by atoms with Gasteiger partial charge in [0.05, 0.1) is 0 Å². The molecular weight excluding hydrogens is 308 g/mol. The summed E-state index contributed by atoms with van der Waals surface area (Å²) >= 11 is 0. The highest BCUT2D eigenvalue weighted by atomic mass is 16.3. The van der Waals surface area contributed by atoms with E-state index in [2.05, 4.69) is 52.0 Å². The molecule has 2 heteroatoms. The fourth-order valence-electron chi connectivity index (χ4n) is 4.35. The van der Waals surface area contributed by atoms with Crippen molar-refractivity contribution in [2.75, 3.05) is 0 Å². The number of phenols is 2. The Hall–Kier alpha value is -1.96. The molecule has 2 aromatic rings. The zero-order valence-electron chi connectivity index (χ0n) is 15.8. The van der Waals surface area contributed by atoms with Crippen LogP contribution < -0.4 is 0 Å². The summed E-state index contributed by atoms with van der Waals surface area (Å²) in [6.45, 7) is 8.49. The largest absolute Gasteiger partial charge is 0.508 e. The molecule has 2 N–H and O–H groups in total. The fourth-order valence-corrected chi connectivity index (χ4v) is 4.35. The average Bonchev–Trinajstić information content (AvgIpc) is 3.06. The lowest BCUT2D eigenvalue weighted by Crippen LogP contribution is -2.24. The summed E-state index contributed by atoms with van der Waals surface area (Å²) in [4.78, 5) is 0. The van der Waals surface area contributed by atoms with Crippen LogP contribution in [0.4, 0.5) is 0 Å². The van der Waals surface area contributed by atoms with Gasteiger partial charge in [0, 0.05) is 5.41 Å². The van der Waals surface area contributed by atoms with Gasteiger partial charge in [0.15, 0.2) is 0 Å². The highest BCUT2D eigenvalue weighted by Gasteiger charge is 2.38. The Kier molecular flexibility index (Phi) is 4.81. The van der Waals surface area contributed by atoms with E-state index < -0.39 is 0 Å². The maximum Gasteiger partial charge on any atom is 0.119 e. The van der Waals surface area contributed by atoms with Crippen molar-refractivity contribution in [3.8, 4) is 11.5 Å². The molecule has 3 rings (SSSR count). The van der Waals surface area contributed by atoms with Gasteiger partial charge in [-0.1, -0.05) is 64.8 Å². The molecule has 25 heavy (non-hydrogen) atoms. The Morgan fingerprint density at radius 1 is 0.720 bits per heavy atom.